The Morgan fingerprint density at radius 3 is 2.35 bits per heavy atom. The Balaban J connectivity index is 1.87. The van der Waals surface area contributed by atoms with E-state index in [-0.39, 0.29) is 4.90 Å². The van der Waals surface area contributed by atoms with Gasteiger partial charge < -0.3 is 4.90 Å². The number of carbonyl (C=O) groups excluding carboxylic acids is 1. The average molecular weight is 368 g/mol. The number of aldehydes is 1. The third kappa shape index (κ3) is 2.70. The number of hydrogen-bond donors (Lipinski definition) is 0. The first-order chi connectivity index (χ1) is 12.5. The molecular formula is C20H20N2O3S. The molecule has 134 valence electrons. The zero-order chi connectivity index (χ0) is 18.3. The fourth-order valence-corrected chi connectivity index (χ4v) is 4.88. The highest BCUT2D eigenvalue weighted by Gasteiger charge is 2.22. The van der Waals surface area contributed by atoms with Crippen LogP contribution in [0.15, 0.2) is 53.6 Å². The van der Waals surface area contributed by atoms with Crippen molar-refractivity contribution in [2.45, 2.75) is 24.7 Å². The fraction of sp³-hybridized carbons (Fsp3) is 0.250. The van der Waals surface area contributed by atoms with Gasteiger partial charge in [-0.15, -0.1) is 0 Å². The molecule has 0 spiro atoms. The Bertz CT molecular complexity index is 1080. The largest absolute Gasteiger partial charge is 0.372 e. The minimum Gasteiger partial charge on any atom is -0.372 e. The first-order valence-corrected chi connectivity index (χ1v) is 10.1. The number of fused-ring (bicyclic) bond motifs is 1. The van der Waals surface area contributed by atoms with E-state index in [0.29, 0.717) is 16.5 Å². The molecule has 0 unspecified atom stereocenters. The lowest BCUT2D eigenvalue weighted by Crippen LogP contribution is -2.17. The van der Waals surface area contributed by atoms with E-state index in [4.69, 9.17) is 0 Å². The van der Waals surface area contributed by atoms with Crippen LogP contribution in [0, 0.1) is 6.92 Å². The number of carbonyl (C=O) groups is 1. The SMILES string of the molecule is Cc1ccc(S(=O)(=O)n2cc(C=O)c3cc(N4CCCC4)ccc32)cc1. The van der Waals surface area contributed by atoms with Crippen LogP contribution in [0.4, 0.5) is 5.69 Å². The number of anilines is 1. The summed E-state index contributed by atoms with van der Waals surface area (Å²) in [4.78, 5) is 14.0. The van der Waals surface area contributed by atoms with E-state index in [1.165, 1.54) is 10.2 Å². The molecule has 0 atom stereocenters. The van der Waals surface area contributed by atoms with Crippen LogP contribution in [-0.4, -0.2) is 31.8 Å². The number of nitrogens with zero attached hydrogens (tertiary/aromatic N) is 2. The van der Waals surface area contributed by atoms with Crippen LogP contribution in [0.3, 0.4) is 0 Å². The molecule has 0 aliphatic carbocycles. The highest BCUT2D eigenvalue weighted by atomic mass is 32.2. The maximum Gasteiger partial charge on any atom is 0.268 e. The molecule has 26 heavy (non-hydrogen) atoms. The molecule has 3 aromatic rings. The van der Waals surface area contributed by atoms with Gasteiger partial charge in [0.2, 0.25) is 0 Å². The predicted molar refractivity (Wildman–Crippen MR) is 103 cm³/mol. The molecule has 6 heteroatoms. The van der Waals surface area contributed by atoms with Gasteiger partial charge >= 0.3 is 0 Å². The summed E-state index contributed by atoms with van der Waals surface area (Å²) in [7, 11) is -3.76. The van der Waals surface area contributed by atoms with Gasteiger partial charge in [-0.1, -0.05) is 17.7 Å². The van der Waals surface area contributed by atoms with Crippen molar-refractivity contribution < 1.29 is 13.2 Å². The molecule has 1 aliphatic rings. The Hall–Kier alpha value is -2.60. The van der Waals surface area contributed by atoms with Crippen LogP contribution in [-0.2, 0) is 10.0 Å². The summed E-state index contributed by atoms with van der Waals surface area (Å²) in [5.74, 6) is 0. The van der Waals surface area contributed by atoms with Gasteiger partial charge in [0, 0.05) is 35.9 Å². The number of hydrogen-bond acceptors (Lipinski definition) is 4. The van der Waals surface area contributed by atoms with E-state index in [2.05, 4.69) is 4.90 Å². The molecule has 0 radical (unpaired) electrons. The van der Waals surface area contributed by atoms with Crippen LogP contribution in [0.2, 0.25) is 0 Å². The van der Waals surface area contributed by atoms with E-state index in [9.17, 15) is 13.2 Å². The van der Waals surface area contributed by atoms with E-state index in [1.54, 1.807) is 30.3 Å². The van der Waals surface area contributed by atoms with Crippen molar-refractivity contribution in [1.29, 1.82) is 0 Å². The highest BCUT2D eigenvalue weighted by molar-refractivity contribution is 7.90. The van der Waals surface area contributed by atoms with E-state index >= 15 is 0 Å². The molecule has 0 saturated carbocycles. The summed E-state index contributed by atoms with van der Waals surface area (Å²) in [5.41, 5.74) is 2.93. The molecule has 1 saturated heterocycles. The van der Waals surface area contributed by atoms with Gasteiger partial charge in [-0.05, 0) is 50.1 Å². The minimum absolute atomic E-state index is 0.209. The number of aryl methyl sites for hydroxylation is 1. The monoisotopic (exact) mass is 368 g/mol. The number of benzene rings is 2. The van der Waals surface area contributed by atoms with E-state index < -0.39 is 10.0 Å². The van der Waals surface area contributed by atoms with Crippen LogP contribution >= 0.6 is 0 Å². The third-order valence-electron chi connectivity index (χ3n) is 4.96. The van der Waals surface area contributed by atoms with Gasteiger partial charge in [0.15, 0.2) is 6.29 Å². The molecular weight excluding hydrogens is 348 g/mol. The molecule has 1 aliphatic heterocycles. The highest BCUT2D eigenvalue weighted by Crippen LogP contribution is 2.30. The average Bonchev–Trinajstić information content (AvgIpc) is 3.29. The summed E-state index contributed by atoms with van der Waals surface area (Å²) in [6.45, 7) is 3.89. The van der Waals surface area contributed by atoms with Gasteiger partial charge in [0.25, 0.3) is 10.0 Å². The summed E-state index contributed by atoms with van der Waals surface area (Å²) in [5, 5.41) is 0.667. The lowest BCUT2D eigenvalue weighted by molar-refractivity contribution is 0.112. The summed E-state index contributed by atoms with van der Waals surface area (Å²) in [6.07, 6.45) is 4.45. The van der Waals surface area contributed by atoms with Crippen molar-refractivity contribution in [3.8, 4) is 0 Å². The Kier molecular flexibility index (Phi) is 4.07. The molecule has 5 nitrogen and oxygen atoms in total. The van der Waals surface area contributed by atoms with Crippen molar-refractivity contribution in [3.05, 3.63) is 59.8 Å². The Labute approximate surface area is 152 Å². The smallest absolute Gasteiger partial charge is 0.268 e. The molecule has 1 fully saturated rings. The van der Waals surface area contributed by atoms with Gasteiger partial charge in [0.05, 0.1) is 10.4 Å². The van der Waals surface area contributed by atoms with Gasteiger partial charge in [-0.25, -0.2) is 12.4 Å². The van der Waals surface area contributed by atoms with Crippen molar-refractivity contribution in [2.75, 3.05) is 18.0 Å². The normalized spacial score (nSPS) is 14.9. The first-order valence-electron chi connectivity index (χ1n) is 8.68. The molecule has 2 heterocycles. The maximum atomic E-state index is 13.1. The van der Waals surface area contributed by atoms with E-state index in [1.807, 2.05) is 19.1 Å². The van der Waals surface area contributed by atoms with Crippen molar-refractivity contribution in [3.63, 3.8) is 0 Å². The summed E-state index contributed by atoms with van der Waals surface area (Å²) >= 11 is 0. The van der Waals surface area contributed by atoms with Crippen LogP contribution in [0.5, 0.6) is 0 Å². The molecule has 4 rings (SSSR count). The Morgan fingerprint density at radius 1 is 1.00 bits per heavy atom. The van der Waals surface area contributed by atoms with Gasteiger partial charge in [-0.3, -0.25) is 4.79 Å². The molecule has 1 aromatic heterocycles. The fourth-order valence-electron chi connectivity index (χ4n) is 3.50. The Morgan fingerprint density at radius 2 is 1.69 bits per heavy atom. The molecule has 0 amide bonds. The van der Waals surface area contributed by atoms with Crippen LogP contribution in [0.1, 0.15) is 28.8 Å². The molecule has 0 N–H and O–H groups in total. The lowest BCUT2D eigenvalue weighted by atomic mass is 10.1. The predicted octanol–water partition coefficient (Wildman–Crippen LogP) is 3.60. The second kappa shape index (κ2) is 6.29. The molecule has 0 bridgehead atoms. The second-order valence-corrected chi connectivity index (χ2v) is 8.53. The first kappa shape index (κ1) is 16.8. The van der Waals surface area contributed by atoms with Crippen molar-refractivity contribution >= 4 is 32.9 Å². The van der Waals surface area contributed by atoms with Gasteiger partial charge in [0.1, 0.15) is 0 Å². The van der Waals surface area contributed by atoms with E-state index in [0.717, 1.165) is 43.5 Å². The number of rotatable bonds is 4. The second-order valence-electron chi connectivity index (χ2n) is 6.71. The summed E-state index contributed by atoms with van der Waals surface area (Å²) in [6, 6.07) is 12.4. The lowest BCUT2D eigenvalue weighted by Gasteiger charge is -2.17. The quantitative estimate of drug-likeness (QED) is 0.660. The summed E-state index contributed by atoms with van der Waals surface area (Å²) < 4.78 is 27.3. The van der Waals surface area contributed by atoms with Crippen molar-refractivity contribution in [2.24, 2.45) is 0 Å². The van der Waals surface area contributed by atoms with Crippen LogP contribution < -0.4 is 4.90 Å². The zero-order valence-corrected chi connectivity index (χ0v) is 15.4. The number of aromatic nitrogens is 1. The van der Waals surface area contributed by atoms with Gasteiger partial charge in [-0.2, -0.15) is 0 Å². The zero-order valence-electron chi connectivity index (χ0n) is 14.6. The third-order valence-corrected chi connectivity index (χ3v) is 6.65. The topological polar surface area (TPSA) is 59.4 Å². The van der Waals surface area contributed by atoms with Crippen LogP contribution in [0.25, 0.3) is 10.9 Å². The minimum atomic E-state index is -3.76. The standard InChI is InChI=1S/C20H20N2O3S/c1-15-4-7-18(8-5-15)26(24,25)22-13-16(14-23)19-12-17(6-9-20(19)22)21-10-2-3-11-21/h4-9,12-14H,2-3,10-11H2,1H3. The molecule has 2 aromatic carbocycles. The maximum absolute atomic E-state index is 13.1. The van der Waals surface area contributed by atoms with Crippen molar-refractivity contribution in [1.82, 2.24) is 3.97 Å².